The summed E-state index contributed by atoms with van der Waals surface area (Å²) in [4.78, 5) is 16.8. The maximum atomic E-state index is 13.5. The van der Waals surface area contributed by atoms with Crippen LogP contribution < -0.4 is 10.0 Å². The minimum absolute atomic E-state index is 0.0341. The van der Waals surface area contributed by atoms with Crippen LogP contribution in [-0.2, 0) is 23.5 Å². The van der Waals surface area contributed by atoms with Crippen molar-refractivity contribution in [2.75, 3.05) is 5.32 Å². The minimum atomic E-state index is -4.01. The molecule has 4 rings (SSSR count). The first kappa shape index (κ1) is 23.1. The first-order chi connectivity index (χ1) is 15.5. The largest absolute Gasteiger partial charge is 0.345 e. The lowest BCUT2D eigenvalue weighted by Gasteiger charge is -2.26. The molecule has 11 heteroatoms. The molecule has 1 aliphatic heterocycles. The van der Waals surface area contributed by atoms with Crippen molar-refractivity contribution in [3.05, 3.63) is 82.4 Å². The Hall–Kier alpha value is -3.08. The summed E-state index contributed by atoms with van der Waals surface area (Å²) in [6, 6.07) is 6.33. The number of nitrogens with one attached hydrogen (secondary N) is 2. The van der Waals surface area contributed by atoms with Gasteiger partial charge in [-0.05, 0) is 43.2 Å². The van der Waals surface area contributed by atoms with Gasteiger partial charge >= 0.3 is 0 Å². The van der Waals surface area contributed by atoms with E-state index in [0.29, 0.717) is 0 Å². The van der Waals surface area contributed by atoms with E-state index in [1.54, 1.807) is 31.2 Å². The van der Waals surface area contributed by atoms with Gasteiger partial charge in [0.15, 0.2) is 11.6 Å². The Morgan fingerprint density at radius 2 is 2.00 bits per heavy atom. The van der Waals surface area contributed by atoms with Gasteiger partial charge in [-0.1, -0.05) is 23.8 Å². The summed E-state index contributed by atoms with van der Waals surface area (Å²) in [7, 11) is -2.48. The highest BCUT2D eigenvalue weighted by Crippen LogP contribution is 2.31. The van der Waals surface area contributed by atoms with Crippen LogP contribution in [0.3, 0.4) is 0 Å². The SMILES string of the molecule is Cn1cc2c(c1C(=O)Nc1ccc(F)c(F)c1)C=CC(C)(Cc1ccnc(Cl)c1)NS2(=O)=O. The molecule has 0 fully saturated rings. The quantitative estimate of drug-likeness (QED) is 0.540. The third kappa shape index (κ3) is 4.68. The second kappa shape index (κ2) is 8.36. The smallest absolute Gasteiger partial charge is 0.272 e. The third-order valence-electron chi connectivity index (χ3n) is 5.21. The fourth-order valence-electron chi connectivity index (χ4n) is 3.77. The van der Waals surface area contributed by atoms with E-state index in [1.165, 1.54) is 30.1 Å². The van der Waals surface area contributed by atoms with Gasteiger partial charge in [-0.25, -0.2) is 26.9 Å². The van der Waals surface area contributed by atoms with Crippen molar-refractivity contribution < 1.29 is 22.0 Å². The lowest BCUT2D eigenvalue weighted by Crippen LogP contribution is -2.45. The van der Waals surface area contributed by atoms with Gasteiger partial charge in [-0.3, -0.25) is 4.79 Å². The molecule has 1 amide bonds. The van der Waals surface area contributed by atoms with E-state index < -0.39 is 33.1 Å². The lowest BCUT2D eigenvalue weighted by molar-refractivity contribution is 0.101. The Morgan fingerprint density at radius 3 is 2.70 bits per heavy atom. The Kier molecular flexibility index (Phi) is 5.85. The van der Waals surface area contributed by atoms with Crippen LogP contribution in [0.25, 0.3) is 6.08 Å². The van der Waals surface area contributed by atoms with Gasteiger partial charge in [0.1, 0.15) is 15.7 Å². The van der Waals surface area contributed by atoms with Crippen LogP contribution in [0.15, 0.2) is 53.7 Å². The first-order valence-electron chi connectivity index (χ1n) is 9.77. The van der Waals surface area contributed by atoms with Crippen molar-refractivity contribution in [1.82, 2.24) is 14.3 Å². The molecule has 3 heterocycles. The molecule has 3 aromatic rings. The van der Waals surface area contributed by atoms with Gasteiger partial charge in [0.2, 0.25) is 10.0 Å². The zero-order valence-corrected chi connectivity index (χ0v) is 19.1. The number of hydrogen-bond donors (Lipinski definition) is 2. The molecule has 33 heavy (non-hydrogen) atoms. The molecule has 0 saturated heterocycles. The Labute approximate surface area is 194 Å². The molecule has 0 saturated carbocycles. The molecule has 0 bridgehead atoms. The number of rotatable bonds is 4. The van der Waals surface area contributed by atoms with Gasteiger partial charge in [0.05, 0.1) is 5.54 Å². The number of halogens is 3. The molecule has 1 aromatic carbocycles. The van der Waals surface area contributed by atoms with Gasteiger partial charge in [-0.2, -0.15) is 0 Å². The molecular weight excluding hydrogens is 474 g/mol. The van der Waals surface area contributed by atoms with Crippen LogP contribution in [0.4, 0.5) is 14.5 Å². The normalized spacial score (nSPS) is 19.1. The number of fused-ring (bicyclic) bond motifs is 1. The van der Waals surface area contributed by atoms with E-state index in [-0.39, 0.29) is 33.4 Å². The summed E-state index contributed by atoms with van der Waals surface area (Å²) in [5, 5.41) is 2.77. The summed E-state index contributed by atoms with van der Waals surface area (Å²) < 4.78 is 57.1. The van der Waals surface area contributed by atoms with E-state index in [1.807, 2.05) is 0 Å². The number of benzene rings is 1. The molecule has 1 unspecified atom stereocenters. The average Bonchev–Trinajstić information content (AvgIpc) is 3.02. The number of nitrogens with zero attached hydrogens (tertiary/aromatic N) is 2. The molecule has 0 spiro atoms. The molecule has 2 aromatic heterocycles. The van der Waals surface area contributed by atoms with Gasteiger partial charge < -0.3 is 9.88 Å². The summed E-state index contributed by atoms with van der Waals surface area (Å²) in [5.41, 5.74) is 0.0244. The fourth-order valence-corrected chi connectivity index (χ4v) is 5.58. The number of anilines is 1. The van der Waals surface area contributed by atoms with Crippen LogP contribution in [0.1, 0.15) is 28.5 Å². The van der Waals surface area contributed by atoms with Crippen molar-refractivity contribution in [3.63, 3.8) is 0 Å². The molecule has 7 nitrogen and oxygen atoms in total. The molecule has 1 atom stereocenters. The Morgan fingerprint density at radius 1 is 1.24 bits per heavy atom. The average molecular weight is 493 g/mol. The number of aromatic nitrogens is 2. The van der Waals surface area contributed by atoms with E-state index >= 15 is 0 Å². The van der Waals surface area contributed by atoms with Crippen molar-refractivity contribution >= 4 is 39.3 Å². The predicted molar refractivity (Wildman–Crippen MR) is 120 cm³/mol. The van der Waals surface area contributed by atoms with Gasteiger partial charge in [0.25, 0.3) is 5.91 Å². The van der Waals surface area contributed by atoms with Crippen molar-refractivity contribution in [1.29, 1.82) is 0 Å². The number of aryl methyl sites for hydroxylation is 1. The fraction of sp³-hybridized carbons (Fsp3) is 0.182. The molecule has 1 aliphatic rings. The lowest BCUT2D eigenvalue weighted by atomic mass is 9.93. The number of pyridine rings is 1. The summed E-state index contributed by atoms with van der Waals surface area (Å²) in [6.45, 7) is 1.71. The second-order valence-electron chi connectivity index (χ2n) is 7.97. The highest BCUT2D eigenvalue weighted by atomic mass is 35.5. The van der Waals surface area contributed by atoms with Crippen molar-refractivity contribution in [2.24, 2.45) is 7.05 Å². The minimum Gasteiger partial charge on any atom is -0.345 e. The second-order valence-corrected chi connectivity index (χ2v) is 10.0. The zero-order chi connectivity index (χ0) is 24.0. The summed E-state index contributed by atoms with van der Waals surface area (Å²) in [6.07, 6.45) is 6.38. The summed E-state index contributed by atoms with van der Waals surface area (Å²) >= 11 is 5.95. The highest BCUT2D eigenvalue weighted by Gasteiger charge is 2.35. The molecule has 0 aliphatic carbocycles. The Balaban J connectivity index is 1.71. The van der Waals surface area contributed by atoms with E-state index in [2.05, 4.69) is 15.0 Å². The predicted octanol–water partition coefficient (Wildman–Crippen LogP) is 3.91. The first-order valence-corrected chi connectivity index (χ1v) is 11.6. The van der Waals surface area contributed by atoms with Crippen molar-refractivity contribution in [2.45, 2.75) is 23.8 Å². The number of carbonyl (C=O) groups is 1. The maximum Gasteiger partial charge on any atom is 0.272 e. The molecule has 172 valence electrons. The number of sulfonamides is 1. The van der Waals surface area contributed by atoms with Crippen LogP contribution in [-0.4, -0.2) is 29.4 Å². The monoisotopic (exact) mass is 492 g/mol. The maximum absolute atomic E-state index is 13.5. The Bertz CT molecular complexity index is 1400. The van der Waals surface area contributed by atoms with Gasteiger partial charge in [-0.15, -0.1) is 0 Å². The van der Waals surface area contributed by atoms with E-state index in [0.717, 1.165) is 17.7 Å². The topological polar surface area (TPSA) is 93.1 Å². The van der Waals surface area contributed by atoms with E-state index in [4.69, 9.17) is 11.6 Å². The summed E-state index contributed by atoms with van der Waals surface area (Å²) in [5.74, 6) is -2.83. The van der Waals surface area contributed by atoms with Crippen molar-refractivity contribution in [3.8, 4) is 0 Å². The molecule has 0 radical (unpaired) electrons. The van der Waals surface area contributed by atoms with Crippen LogP contribution in [0, 0.1) is 11.6 Å². The third-order valence-corrected chi connectivity index (χ3v) is 7.06. The molecule has 2 N–H and O–H groups in total. The number of carbonyl (C=O) groups excluding carboxylic acids is 1. The van der Waals surface area contributed by atoms with Crippen LogP contribution in [0.5, 0.6) is 0 Å². The van der Waals surface area contributed by atoms with Crippen LogP contribution >= 0.6 is 11.6 Å². The number of amides is 1. The van der Waals surface area contributed by atoms with Crippen LogP contribution in [0.2, 0.25) is 5.15 Å². The zero-order valence-electron chi connectivity index (χ0n) is 17.6. The highest BCUT2D eigenvalue weighted by molar-refractivity contribution is 7.89. The molecular formula is C22H19ClF2N4O3S. The van der Waals surface area contributed by atoms with Gasteiger partial charge in [0, 0.05) is 36.8 Å². The standard InChI is InChI=1S/C22H19ClF2N4O3S/c1-22(11-13-6-8-26-19(23)9-13)7-5-15-18(33(31,32)28-22)12-29(2)20(15)21(30)27-14-3-4-16(24)17(25)10-14/h3-10,12,28H,11H2,1-2H3,(H,27,30). The van der Waals surface area contributed by atoms with E-state index in [9.17, 15) is 22.0 Å². The number of hydrogen-bond acceptors (Lipinski definition) is 4.